The van der Waals surface area contributed by atoms with Crippen molar-refractivity contribution in [3.8, 4) is 0 Å². The molecule has 1 aliphatic rings. The van der Waals surface area contributed by atoms with Crippen molar-refractivity contribution in [1.29, 1.82) is 0 Å². The van der Waals surface area contributed by atoms with Gasteiger partial charge in [0.1, 0.15) is 0 Å². The predicted molar refractivity (Wildman–Crippen MR) is 83.7 cm³/mol. The van der Waals surface area contributed by atoms with Crippen LogP contribution in [-0.4, -0.2) is 33.8 Å². The molecule has 1 aromatic heterocycles. The quantitative estimate of drug-likeness (QED) is 0.924. The standard InChI is InChI=1S/C16H30N4/c1-12-8-6-7-9-20(12)14(10-17)13-11-19(5)18-15(13)16(2,3)4/h11-12,14H,6-10,17H2,1-5H3. The maximum Gasteiger partial charge on any atom is 0.0726 e. The number of aryl methyl sites for hydroxylation is 1. The lowest BCUT2D eigenvalue weighted by molar-refractivity contribution is 0.108. The van der Waals surface area contributed by atoms with E-state index in [2.05, 4.69) is 38.8 Å². The van der Waals surface area contributed by atoms with Gasteiger partial charge in [-0.3, -0.25) is 9.58 Å². The van der Waals surface area contributed by atoms with Crippen LogP contribution in [-0.2, 0) is 12.5 Å². The van der Waals surface area contributed by atoms with E-state index in [1.165, 1.54) is 30.5 Å². The van der Waals surface area contributed by atoms with Gasteiger partial charge in [-0.15, -0.1) is 0 Å². The lowest BCUT2D eigenvalue weighted by Gasteiger charge is -2.39. The van der Waals surface area contributed by atoms with Crippen molar-refractivity contribution in [3.05, 3.63) is 17.5 Å². The van der Waals surface area contributed by atoms with Crippen LogP contribution >= 0.6 is 0 Å². The Hall–Kier alpha value is -0.870. The largest absolute Gasteiger partial charge is 0.329 e. The third kappa shape index (κ3) is 3.07. The van der Waals surface area contributed by atoms with Crippen molar-refractivity contribution in [2.24, 2.45) is 12.8 Å². The summed E-state index contributed by atoms with van der Waals surface area (Å²) in [6.45, 7) is 10.8. The Bertz CT molecular complexity index is 444. The minimum absolute atomic E-state index is 0.0586. The van der Waals surface area contributed by atoms with Crippen LogP contribution in [0, 0.1) is 0 Å². The molecule has 2 heterocycles. The van der Waals surface area contributed by atoms with Gasteiger partial charge in [-0.2, -0.15) is 5.10 Å². The molecule has 0 radical (unpaired) electrons. The molecule has 4 nitrogen and oxygen atoms in total. The first-order chi connectivity index (χ1) is 9.34. The molecule has 1 aliphatic heterocycles. The van der Waals surface area contributed by atoms with Gasteiger partial charge in [-0.25, -0.2) is 0 Å². The van der Waals surface area contributed by atoms with E-state index < -0.39 is 0 Å². The Balaban J connectivity index is 2.36. The van der Waals surface area contributed by atoms with Gasteiger partial charge in [0.15, 0.2) is 0 Å². The van der Waals surface area contributed by atoms with E-state index in [1.54, 1.807) is 0 Å². The second-order valence-corrected chi connectivity index (χ2v) is 7.19. The molecule has 4 heteroatoms. The molecule has 20 heavy (non-hydrogen) atoms. The lowest BCUT2D eigenvalue weighted by Crippen LogP contribution is -2.43. The van der Waals surface area contributed by atoms with E-state index in [9.17, 15) is 0 Å². The number of nitrogens with zero attached hydrogens (tertiary/aromatic N) is 3. The van der Waals surface area contributed by atoms with E-state index in [1.807, 2.05) is 11.7 Å². The number of rotatable bonds is 3. The van der Waals surface area contributed by atoms with E-state index >= 15 is 0 Å². The van der Waals surface area contributed by atoms with Crippen molar-refractivity contribution >= 4 is 0 Å². The van der Waals surface area contributed by atoms with Crippen molar-refractivity contribution in [1.82, 2.24) is 14.7 Å². The van der Waals surface area contributed by atoms with E-state index in [0.29, 0.717) is 18.6 Å². The topological polar surface area (TPSA) is 47.1 Å². The highest BCUT2D eigenvalue weighted by Crippen LogP contribution is 2.33. The van der Waals surface area contributed by atoms with Gasteiger partial charge in [0.2, 0.25) is 0 Å². The molecule has 2 atom stereocenters. The van der Waals surface area contributed by atoms with Crippen molar-refractivity contribution in [2.75, 3.05) is 13.1 Å². The fraction of sp³-hybridized carbons (Fsp3) is 0.812. The first-order valence-corrected chi connectivity index (χ1v) is 7.84. The second-order valence-electron chi connectivity index (χ2n) is 7.19. The van der Waals surface area contributed by atoms with Gasteiger partial charge >= 0.3 is 0 Å². The van der Waals surface area contributed by atoms with Crippen LogP contribution in [0.4, 0.5) is 0 Å². The molecule has 2 rings (SSSR count). The number of likely N-dealkylation sites (tertiary alicyclic amines) is 1. The smallest absolute Gasteiger partial charge is 0.0726 e. The summed E-state index contributed by atoms with van der Waals surface area (Å²) in [5, 5.41) is 4.71. The van der Waals surface area contributed by atoms with Crippen LogP contribution in [0.15, 0.2) is 6.20 Å². The van der Waals surface area contributed by atoms with Crippen LogP contribution in [0.2, 0.25) is 0 Å². The summed E-state index contributed by atoms with van der Waals surface area (Å²) in [4.78, 5) is 2.58. The van der Waals surface area contributed by atoms with Gasteiger partial charge < -0.3 is 5.73 Å². The summed E-state index contributed by atoms with van der Waals surface area (Å²) in [6.07, 6.45) is 6.07. The Morgan fingerprint density at radius 2 is 2.10 bits per heavy atom. The molecular weight excluding hydrogens is 248 g/mol. The molecule has 1 saturated heterocycles. The molecule has 0 spiro atoms. The summed E-state index contributed by atoms with van der Waals surface area (Å²) in [5.41, 5.74) is 8.70. The normalized spacial score (nSPS) is 23.0. The van der Waals surface area contributed by atoms with Gasteiger partial charge in [0, 0.05) is 36.8 Å². The Morgan fingerprint density at radius 1 is 1.40 bits per heavy atom. The molecule has 0 aromatic carbocycles. The summed E-state index contributed by atoms with van der Waals surface area (Å²) in [5.74, 6) is 0. The molecule has 0 amide bonds. The van der Waals surface area contributed by atoms with Crippen LogP contribution in [0.25, 0.3) is 0 Å². The lowest BCUT2D eigenvalue weighted by atomic mass is 9.86. The average Bonchev–Trinajstić information content (AvgIpc) is 2.74. The van der Waals surface area contributed by atoms with Crippen molar-refractivity contribution in [3.63, 3.8) is 0 Å². The molecule has 0 aliphatic carbocycles. The van der Waals surface area contributed by atoms with Gasteiger partial charge in [-0.1, -0.05) is 27.2 Å². The molecule has 0 bridgehead atoms. The SMILES string of the molecule is CC1CCCCN1C(CN)c1cn(C)nc1C(C)(C)C. The highest BCUT2D eigenvalue weighted by Gasteiger charge is 2.32. The Labute approximate surface area is 123 Å². The first kappa shape index (κ1) is 15.5. The highest BCUT2D eigenvalue weighted by molar-refractivity contribution is 5.28. The minimum atomic E-state index is 0.0586. The number of hydrogen-bond donors (Lipinski definition) is 1. The van der Waals surface area contributed by atoms with Gasteiger partial charge in [0.05, 0.1) is 11.7 Å². The molecule has 2 N–H and O–H groups in total. The zero-order valence-corrected chi connectivity index (χ0v) is 13.7. The molecular formula is C16H30N4. The van der Waals surface area contributed by atoms with Gasteiger partial charge in [-0.05, 0) is 26.3 Å². The van der Waals surface area contributed by atoms with E-state index in [-0.39, 0.29) is 5.41 Å². The van der Waals surface area contributed by atoms with Crippen LogP contribution in [0.5, 0.6) is 0 Å². The molecule has 1 aromatic rings. The Kier molecular flexibility index (Phi) is 4.55. The molecule has 0 saturated carbocycles. The summed E-state index contributed by atoms with van der Waals surface area (Å²) < 4.78 is 1.94. The predicted octanol–water partition coefficient (Wildman–Crippen LogP) is 2.59. The molecule has 1 fully saturated rings. The van der Waals surface area contributed by atoms with Gasteiger partial charge in [0.25, 0.3) is 0 Å². The molecule has 2 unspecified atom stereocenters. The fourth-order valence-corrected chi connectivity index (χ4v) is 3.36. The van der Waals surface area contributed by atoms with E-state index in [0.717, 1.165) is 6.54 Å². The van der Waals surface area contributed by atoms with Crippen LogP contribution in [0.1, 0.15) is 64.3 Å². The van der Waals surface area contributed by atoms with Crippen LogP contribution < -0.4 is 5.73 Å². The number of nitrogens with two attached hydrogens (primary N) is 1. The maximum absolute atomic E-state index is 6.14. The number of aromatic nitrogens is 2. The summed E-state index contributed by atoms with van der Waals surface area (Å²) in [7, 11) is 2.01. The number of piperidine rings is 1. The zero-order valence-electron chi connectivity index (χ0n) is 13.7. The van der Waals surface area contributed by atoms with Crippen molar-refractivity contribution in [2.45, 2.75) is 64.5 Å². The molecule has 114 valence electrons. The highest BCUT2D eigenvalue weighted by atomic mass is 15.3. The van der Waals surface area contributed by atoms with E-state index in [4.69, 9.17) is 10.8 Å². The third-order valence-electron chi connectivity index (χ3n) is 4.40. The first-order valence-electron chi connectivity index (χ1n) is 7.84. The zero-order chi connectivity index (χ0) is 14.9. The fourth-order valence-electron chi connectivity index (χ4n) is 3.36. The monoisotopic (exact) mass is 278 g/mol. The number of hydrogen-bond acceptors (Lipinski definition) is 3. The van der Waals surface area contributed by atoms with Crippen LogP contribution in [0.3, 0.4) is 0 Å². The second kappa shape index (κ2) is 5.86. The Morgan fingerprint density at radius 3 is 2.65 bits per heavy atom. The maximum atomic E-state index is 6.14. The summed E-state index contributed by atoms with van der Waals surface area (Å²) >= 11 is 0. The average molecular weight is 278 g/mol. The van der Waals surface area contributed by atoms with Crippen molar-refractivity contribution < 1.29 is 0 Å². The third-order valence-corrected chi connectivity index (χ3v) is 4.40. The summed E-state index contributed by atoms with van der Waals surface area (Å²) in [6, 6.07) is 0.915. The minimum Gasteiger partial charge on any atom is -0.329 e.